The molecule has 0 radical (unpaired) electrons. The van der Waals surface area contributed by atoms with Crippen molar-refractivity contribution in [3.8, 4) is 11.5 Å². The van der Waals surface area contributed by atoms with E-state index in [4.69, 9.17) is 4.74 Å². The van der Waals surface area contributed by atoms with E-state index in [1.165, 1.54) is 6.07 Å². The minimum atomic E-state index is -0.666. The smallest absolute Gasteiger partial charge is 0.268 e. The molecule has 2 aliphatic rings. The number of rotatable bonds is 0. The van der Waals surface area contributed by atoms with E-state index in [1.54, 1.807) is 12.1 Å². The van der Waals surface area contributed by atoms with Crippen molar-refractivity contribution in [2.75, 3.05) is 5.32 Å². The molecule has 1 aliphatic heterocycles. The van der Waals surface area contributed by atoms with Crippen LogP contribution in [0, 0.1) is 0 Å². The van der Waals surface area contributed by atoms with E-state index in [-0.39, 0.29) is 11.7 Å². The molecule has 4 nitrogen and oxygen atoms in total. The highest BCUT2D eigenvalue weighted by Gasteiger charge is 2.49. The number of anilines is 1. The molecule has 1 spiro atoms. The number of aromatic hydroxyl groups is 1. The number of amides is 1. The Morgan fingerprint density at radius 2 is 2.20 bits per heavy atom. The van der Waals surface area contributed by atoms with Crippen LogP contribution in [0.3, 0.4) is 0 Å². The summed E-state index contributed by atoms with van der Waals surface area (Å²) in [6, 6.07) is 4.99. The molecule has 1 aromatic carbocycles. The predicted molar refractivity (Wildman–Crippen MR) is 53.9 cm³/mol. The third-order valence-corrected chi connectivity index (χ3v) is 3.12. The predicted octanol–water partition coefficient (Wildman–Crippen LogP) is 1.65. The molecule has 0 bridgehead atoms. The van der Waals surface area contributed by atoms with Gasteiger partial charge in [0.2, 0.25) is 0 Å². The highest BCUT2D eigenvalue weighted by atomic mass is 16.5. The van der Waals surface area contributed by atoms with Gasteiger partial charge < -0.3 is 15.2 Å². The van der Waals surface area contributed by atoms with Crippen LogP contribution in [0.25, 0.3) is 0 Å². The van der Waals surface area contributed by atoms with Crippen molar-refractivity contribution in [2.45, 2.75) is 24.9 Å². The summed E-state index contributed by atoms with van der Waals surface area (Å²) in [5.74, 6) is 0.479. The first-order chi connectivity index (χ1) is 7.21. The Morgan fingerprint density at radius 1 is 1.40 bits per heavy atom. The molecular weight excluding hydrogens is 194 g/mol. The van der Waals surface area contributed by atoms with Gasteiger partial charge in [0.15, 0.2) is 5.60 Å². The fourth-order valence-electron chi connectivity index (χ4n) is 2.04. The maximum absolute atomic E-state index is 11.8. The lowest BCUT2D eigenvalue weighted by molar-refractivity contribution is -0.139. The minimum absolute atomic E-state index is 0.0509. The Bertz CT molecular complexity index is 437. The lowest BCUT2D eigenvalue weighted by Crippen LogP contribution is -2.55. The number of hydrogen-bond donors (Lipinski definition) is 2. The van der Waals surface area contributed by atoms with Gasteiger partial charge in [0.25, 0.3) is 5.91 Å². The standard InChI is InChI=1S/C11H11NO3/c13-7-3-1-4-8-9(7)12-10(14)11(15-8)5-2-6-11/h1,3-4,13H,2,5-6H2,(H,12,14). The maximum Gasteiger partial charge on any atom is 0.268 e. The van der Waals surface area contributed by atoms with Crippen LogP contribution < -0.4 is 10.1 Å². The van der Waals surface area contributed by atoms with Gasteiger partial charge in [-0.05, 0) is 31.4 Å². The number of carbonyl (C=O) groups is 1. The molecule has 0 atom stereocenters. The number of nitrogens with one attached hydrogen (secondary N) is 1. The highest BCUT2D eigenvalue weighted by molar-refractivity contribution is 6.02. The monoisotopic (exact) mass is 205 g/mol. The molecular formula is C11H11NO3. The lowest BCUT2D eigenvalue weighted by Gasteiger charge is -2.43. The van der Waals surface area contributed by atoms with Crippen LogP contribution in [0.1, 0.15) is 19.3 Å². The molecule has 1 aromatic rings. The fourth-order valence-corrected chi connectivity index (χ4v) is 2.04. The van der Waals surface area contributed by atoms with E-state index in [0.717, 1.165) is 19.3 Å². The topological polar surface area (TPSA) is 58.6 Å². The number of ether oxygens (including phenoxy) is 1. The van der Waals surface area contributed by atoms with Crippen LogP contribution in [0.2, 0.25) is 0 Å². The van der Waals surface area contributed by atoms with Crippen molar-refractivity contribution in [1.29, 1.82) is 0 Å². The maximum atomic E-state index is 11.8. The Morgan fingerprint density at radius 3 is 2.87 bits per heavy atom. The highest BCUT2D eigenvalue weighted by Crippen LogP contribution is 2.46. The van der Waals surface area contributed by atoms with Gasteiger partial charge >= 0.3 is 0 Å². The zero-order valence-corrected chi connectivity index (χ0v) is 8.12. The second-order valence-corrected chi connectivity index (χ2v) is 4.05. The van der Waals surface area contributed by atoms with Crippen molar-refractivity contribution in [1.82, 2.24) is 0 Å². The van der Waals surface area contributed by atoms with Crippen molar-refractivity contribution >= 4 is 11.6 Å². The Labute approximate surface area is 86.9 Å². The fraction of sp³-hybridized carbons (Fsp3) is 0.364. The summed E-state index contributed by atoms with van der Waals surface area (Å²) >= 11 is 0. The van der Waals surface area contributed by atoms with Crippen molar-refractivity contribution < 1.29 is 14.6 Å². The summed E-state index contributed by atoms with van der Waals surface area (Å²) in [5.41, 5.74) is -0.277. The normalized spacial score (nSPS) is 21.2. The van der Waals surface area contributed by atoms with E-state index in [2.05, 4.69) is 5.32 Å². The van der Waals surface area contributed by atoms with Gasteiger partial charge in [0.1, 0.15) is 17.2 Å². The van der Waals surface area contributed by atoms with E-state index in [9.17, 15) is 9.90 Å². The van der Waals surface area contributed by atoms with E-state index in [0.29, 0.717) is 11.4 Å². The molecule has 1 aliphatic carbocycles. The second kappa shape index (κ2) is 2.66. The third-order valence-electron chi connectivity index (χ3n) is 3.12. The summed E-state index contributed by atoms with van der Waals surface area (Å²) in [5, 5.41) is 12.2. The molecule has 4 heteroatoms. The first-order valence-electron chi connectivity index (χ1n) is 5.04. The van der Waals surface area contributed by atoms with Crippen LogP contribution in [0.5, 0.6) is 11.5 Å². The lowest BCUT2D eigenvalue weighted by atomic mass is 9.78. The van der Waals surface area contributed by atoms with Crippen LogP contribution in [0.4, 0.5) is 5.69 Å². The van der Waals surface area contributed by atoms with Crippen LogP contribution in [0.15, 0.2) is 18.2 Å². The zero-order valence-electron chi connectivity index (χ0n) is 8.12. The number of phenolic OH excluding ortho intramolecular Hbond substituents is 1. The average molecular weight is 205 g/mol. The van der Waals surface area contributed by atoms with E-state index >= 15 is 0 Å². The second-order valence-electron chi connectivity index (χ2n) is 4.05. The molecule has 3 rings (SSSR count). The van der Waals surface area contributed by atoms with E-state index < -0.39 is 5.60 Å². The summed E-state index contributed by atoms with van der Waals surface area (Å²) in [4.78, 5) is 11.8. The molecule has 0 unspecified atom stereocenters. The molecule has 78 valence electrons. The van der Waals surface area contributed by atoms with Gasteiger partial charge in [-0.3, -0.25) is 4.79 Å². The molecule has 1 heterocycles. The SMILES string of the molecule is O=C1Nc2c(O)cccc2OC12CCC2. The van der Waals surface area contributed by atoms with Gasteiger partial charge in [-0.15, -0.1) is 0 Å². The van der Waals surface area contributed by atoms with Crippen LogP contribution in [-0.4, -0.2) is 16.6 Å². The molecule has 15 heavy (non-hydrogen) atoms. The van der Waals surface area contributed by atoms with Crippen molar-refractivity contribution in [3.05, 3.63) is 18.2 Å². The summed E-state index contributed by atoms with van der Waals surface area (Å²) in [7, 11) is 0. The number of carbonyl (C=O) groups excluding carboxylic acids is 1. The Hall–Kier alpha value is -1.71. The first kappa shape index (κ1) is 8.59. The largest absolute Gasteiger partial charge is 0.506 e. The Balaban J connectivity index is 2.06. The molecule has 1 saturated carbocycles. The van der Waals surface area contributed by atoms with Crippen molar-refractivity contribution in [3.63, 3.8) is 0 Å². The van der Waals surface area contributed by atoms with Gasteiger partial charge in [0.05, 0.1) is 0 Å². The van der Waals surface area contributed by atoms with Gasteiger partial charge in [-0.2, -0.15) is 0 Å². The first-order valence-corrected chi connectivity index (χ1v) is 5.04. The third kappa shape index (κ3) is 1.04. The molecule has 1 fully saturated rings. The number of para-hydroxylation sites is 1. The van der Waals surface area contributed by atoms with Crippen LogP contribution >= 0.6 is 0 Å². The average Bonchev–Trinajstić information content (AvgIpc) is 2.16. The molecule has 1 amide bonds. The summed E-state index contributed by atoms with van der Waals surface area (Å²) in [6.45, 7) is 0. The number of phenols is 1. The molecule has 0 saturated heterocycles. The van der Waals surface area contributed by atoms with Gasteiger partial charge in [0, 0.05) is 0 Å². The Kier molecular flexibility index (Phi) is 1.52. The van der Waals surface area contributed by atoms with Crippen molar-refractivity contribution in [2.24, 2.45) is 0 Å². The quantitative estimate of drug-likeness (QED) is 0.633. The minimum Gasteiger partial charge on any atom is -0.506 e. The summed E-state index contributed by atoms with van der Waals surface area (Å²) < 4.78 is 5.68. The molecule has 0 aromatic heterocycles. The van der Waals surface area contributed by atoms with Gasteiger partial charge in [-0.1, -0.05) is 6.07 Å². The molecule has 2 N–H and O–H groups in total. The number of benzene rings is 1. The van der Waals surface area contributed by atoms with Crippen LogP contribution in [-0.2, 0) is 4.79 Å². The van der Waals surface area contributed by atoms with E-state index in [1.807, 2.05) is 0 Å². The summed E-state index contributed by atoms with van der Waals surface area (Å²) in [6.07, 6.45) is 2.53. The number of fused-ring (bicyclic) bond motifs is 1. The number of hydrogen-bond acceptors (Lipinski definition) is 3. The zero-order chi connectivity index (χ0) is 10.5. The van der Waals surface area contributed by atoms with Gasteiger partial charge in [-0.25, -0.2) is 0 Å².